The second kappa shape index (κ2) is 3.32. The van der Waals surface area contributed by atoms with E-state index in [1.165, 1.54) is 6.08 Å². The molecule has 3 heteroatoms. The molecule has 0 N–H and O–H groups in total. The monoisotopic (exact) mass is 153 g/mol. The number of nitrogens with zero attached hydrogens (tertiary/aromatic N) is 1. The van der Waals surface area contributed by atoms with Gasteiger partial charge in [0.25, 0.3) is 0 Å². The highest BCUT2D eigenvalue weighted by atomic mass is 16.2. The number of piperidine rings is 1. The molecule has 0 unspecified atom stereocenters. The zero-order valence-electron chi connectivity index (χ0n) is 6.38. The highest BCUT2D eigenvalue weighted by Crippen LogP contribution is 2.05. The fraction of sp³-hybridized carbons (Fsp3) is 0.500. The molecule has 1 fully saturated rings. The van der Waals surface area contributed by atoms with Crippen molar-refractivity contribution in [1.29, 1.82) is 0 Å². The summed E-state index contributed by atoms with van der Waals surface area (Å²) in [5.74, 6) is 0.176. The Morgan fingerprint density at radius 1 is 1.45 bits per heavy atom. The van der Waals surface area contributed by atoms with Gasteiger partial charge in [-0.1, -0.05) is 6.58 Å². The van der Waals surface area contributed by atoms with E-state index in [0.717, 1.165) is 0 Å². The van der Waals surface area contributed by atoms with Crippen molar-refractivity contribution in [3.05, 3.63) is 12.7 Å². The van der Waals surface area contributed by atoms with Crippen LogP contribution in [0.3, 0.4) is 0 Å². The Morgan fingerprint density at radius 3 is 2.45 bits per heavy atom. The van der Waals surface area contributed by atoms with E-state index in [9.17, 15) is 9.59 Å². The molecule has 0 aromatic carbocycles. The molecule has 1 saturated heterocycles. The molecule has 1 heterocycles. The van der Waals surface area contributed by atoms with Crippen molar-refractivity contribution in [3.8, 4) is 0 Å². The first-order valence-corrected chi connectivity index (χ1v) is 3.67. The Kier molecular flexibility index (Phi) is 2.41. The lowest BCUT2D eigenvalue weighted by Crippen LogP contribution is -2.37. The predicted molar refractivity (Wildman–Crippen MR) is 41.0 cm³/mol. The van der Waals surface area contributed by atoms with Crippen LogP contribution in [0.25, 0.3) is 0 Å². The first kappa shape index (κ1) is 7.98. The molecule has 0 aromatic rings. The van der Waals surface area contributed by atoms with E-state index in [4.69, 9.17) is 0 Å². The predicted octanol–water partition coefficient (Wildman–Crippen LogP) is 0.364. The first-order chi connectivity index (χ1) is 5.24. The summed E-state index contributed by atoms with van der Waals surface area (Å²) in [7, 11) is 0. The third-order valence-corrected chi connectivity index (χ3v) is 1.81. The molecule has 1 rings (SSSR count). The maximum Gasteiger partial charge on any atom is 0.245 e. The van der Waals surface area contributed by atoms with Crippen molar-refractivity contribution in [3.63, 3.8) is 0 Å². The Hall–Kier alpha value is -1.12. The molecule has 0 radical (unpaired) electrons. The van der Waals surface area contributed by atoms with Gasteiger partial charge >= 0.3 is 0 Å². The van der Waals surface area contributed by atoms with Crippen LogP contribution in [-0.2, 0) is 9.59 Å². The van der Waals surface area contributed by atoms with Gasteiger partial charge in [-0.15, -0.1) is 0 Å². The number of amides is 1. The summed E-state index contributed by atoms with van der Waals surface area (Å²) >= 11 is 0. The lowest BCUT2D eigenvalue weighted by atomic mass is 10.1. The highest BCUT2D eigenvalue weighted by Gasteiger charge is 2.17. The second-order valence-electron chi connectivity index (χ2n) is 2.57. The number of likely N-dealkylation sites (tertiary alicyclic amines) is 1. The molecule has 1 aliphatic rings. The van der Waals surface area contributed by atoms with Crippen LogP contribution in [0.1, 0.15) is 12.8 Å². The van der Waals surface area contributed by atoms with Crippen molar-refractivity contribution in [2.24, 2.45) is 0 Å². The summed E-state index contributed by atoms with van der Waals surface area (Å²) in [4.78, 5) is 23.4. The molecule has 1 amide bonds. The Balaban J connectivity index is 2.44. The smallest absolute Gasteiger partial charge is 0.245 e. The summed E-state index contributed by atoms with van der Waals surface area (Å²) in [5.41, 5.74) is 0. The zero-order chi connectivity index (χ0) is 8.27. The van der Waals surface area contributed by atoms with E-state index in [1.807, 2.05) is 0 Å². The molecule has 60 valence electrons. The van der Waals surface area contributed by atoms with Gasteiger partial charge in [-0.3, -0.25) is 9.59 Å². The largest absolute Gasteiger partial charge is 0.338 e. The van der Waals surface area contributed by atoms with Gasteiger partial charge < -0.3 is 4.90 Å². The van der Waals surface area contributed by atoms with Crippen molar-refractivity contribution in [2.75, 3.05) is 13.1 Å². The molecule has 3 nitrogen and oxygen atoms in total. The number of carbonyl (C=O) groups excluding carboxylic acids is 2. The van der Waals surface area contributed by atoms with Crippen LogP contribution >= 0.6 is 0 Å². The fourth-order valence-electron chi connectivity index (χ4n) is 1.11. The van der Waals surface area contributed by atoms with Crippen molar-refractivity contribution in [1.82, 2.24) is 4.90 Å². The average Bonchev–Trinajstić information content (AvgIpc) is 2.05. The Morgan fingerprint density at radius 2 is 2.00 bits per heavy atom. The van der Waals surface area contributed by atoms with Crippen molar-refractivity contribution < 1.29 is 9.59 Å². The van der Waals surface area contributed by atoms with E-state index in [1.54, 1.807) is 4.90 Å². The van der Waals surface area contributed by atoms with E-state index >= 15 is 0 Å². The quantitative estimate of drug-likeness (QED) is 0.510. The summed E-state index contributed by atoms with van der Waals surface area (Å²) in [6, 6.07) is 0. The maximum atomic E-state index is 11.0. The Labute approximate surface area is 65.7 Å². The van der Waals surface area contributed by atoms with E-state index in [-0.39, 0.29) is 11.7 Å². The topological polar surface area (TPSA) is 37.4 Å². The molecule has 0 aliphatic carbocycles. The molecule has 0 aromatic heterocycles. The minimum atomic E-state index is -0.0718. The molecular weight excluding hydrogens is 142 g/mol. The lowest BCUT2D eigenvalue weighted by molar-refractivity contribution is -0.130. The number of rotatable bonds is 1. The number of hydrogen-bond donors (Lipinski definition) is 0. The van der Waals surface area contributed by atoms with Gasteiger partial charge in [0.05, 0.1) is 0 Å². The van der Waals surface area contributed by atoms with Crippen molar-refractivity contribution in [2.45, 2.75) is 12.8 Å². The van der Waals surface area contributed by atoms with Crippen LogP contribution in [0.5, 0.6) is 0 Å². The molecule has 0 saturated carbocycles. The van der Waals surface area contributed by atoms with Gasteiger partial charge in [-0.25, -0.2) is 0 Å². The molecule has 0 spiro atoms. The molecule has 0 bridgehead atoms. The van der Waals surface area contributed by atoms with Gasteiger partial charge in [-0.2, -0.15) is 0 Å². The van der Waals surface area contributed by atoms with Crippen molar-refractivity contribution >= 4 is 11.7 Å². The standard InChI is InChI=1S/C8H11NO2/c1-2-8(11)9-5-3-7(10)4-6-9/h2H,1,3-6H2. The molecule has 11 heavy (non-hydrogen) atoms. The van der Waals surface area contributed by atoms with E-state index < -0.39 is 0 Å². The number of carbonyl (C=O) groups is 2. The highest BCUT2D eigenvalue weighted by molar-refractivity contribution is 5.89. The second-order valence-corrected chi connectivity index (χ2v) is 2.57. The van der Waals surface area contributed by atoms with Gasteiger partial charge in [0, 0.05) is 25.9 Å². The molecular formula is C8H11NO2. The number of ketones is 1. The fourth-order valence-corrected chi connectivity index (χ4v) is 1.11. The molecule has 0 atom stereocenters. The van der Waals surface area contributed by atoms with Crippen LogP contribution < -0.4 is 0 Å². The van der Waals surface area contributed by atoms with Gasteiger partial charge in [0.1, 0.15) is 5.78 Å². The lowest BCUT2D eigenvalue weighted by Gasteiger charge is -2.24. The summed E-state index contributed by atoms with van der Waals surface area (Å²) in [6.07, 6.45) is 2.29. The van der Waals surface area contributed by atoms with E-state index in [2.05, 4.69) is 6.58 Å². The van der Waals surface area contributed by atoms with Crippen LogP contribution in [0.2, 0.25) is 0 Å². The maximum absolute atomic E-state index is 11.0. The Bertz CT molecular complexity index is 188. The van der Waals surface area contributed by atoms with Gasteiger partial charge in [0.2, 0.25) is 5.91 Å². The normalized spacial score (nSPS) is 18.2. The summed E-state index contributed by atoms with van der Waals surface area (Å²) in [6.45, 7) is 4.50. The van der Waals surface area contributed by atoms with Crippen LogP contribution in [0.15, 0.2) is 12.7 Å². The van der Waals surface area contributed by atoms with Crippen LogP contribution in [0, 0.1) is 0 Å². The SMILES string of the molecule is C=CC(=O)N1CCC(=O)CC1. The average molecular weight is 153 g/mol. The van der Waals surface area contributed by atoms with E-state index in [0.29, 0.717) is 25.9 Å². The summed E-state index contributed by atoms with van der Waals surface area (Å²) in [5, 5.41) is 0. The third kappa shape index (κ3) is 1.90. The summed E-state index contributed by atoms with van der Waals surface area (Å²) < 4.78 is 0. The zero-order valence-corrected chi connectivity index (χ0v) is 6.38. The number of Topliss-reactive ketones (excluding diaryl/α,β-unsaturated/α-hetero) is 1. The minimum Gasteiger partial charge on any atom is -0.338 e. The van der Waals surface area contributed by atoms with Crippen LogP contribution in [-0.4, -0.2) is 29.7 Å². The first-order valence-electron chi connectivity index (χ1n) is 3.67. The van der Waals surface area contributed by atoms with Crippen LogP contribution in [0.4, 0.5) is 0 Å². The van der Waals surface area contributed by atoms with Gasteiger partial charge in [0.15, 0.2) is 0 Å². The molecule has 1 aliphatic heterocycles. The minimum absolute atomic E-state index is 0.0718. The van der Waals surface area contributed by atoms with Gasteiger partial charge in [-0.05, 0) is 6.08 Å². The number of hydrogen-bond acceptors (Lipinski definition) is 2. The third-order valence-electron chi connectivity index (χ3n) is 1.81.